The third-order valence-corrected chi connectivity index (χ3v) is 3.09. The topological polar surface area (TPSA) is 48.3 Å². The van der Waals surface area contributed by atoms with E-state index in [1.807, 2.05) is 31.2 Å². The quantitative estimate of drug-likeness (QED) is 0.785. The number of rotatable bonds is 5. The number of carbonyl (C=O) groups is 1. The largest absolute Gasteiger partial charge is 0.493 e. The lowest BCUT2D eigenvalue weighted by Gasteiger charge is -2.14. The first-order valence-electron chi connectivity index (χ1n) is 6.56. The lowest BCUT2D eigenvalue weighted by molar-refractivity contribution is 0.112. The Hall–Kier alpha value is -2.36. The van der Waals surface area contributed by atoms with Gasteiger partial charge in [-0.15, -0.1) is 0 Å². The Morgan fingerprint density at radius 3 is 2.65 bits per heavy atom. The first-order valence-corrected chi connectivity index (χ1v) is 6.56. The van der Waals surface area contributed by atoms with Crippen LogP contribution in [0.25, 0.3) is 11.3 Å². The molecule has 0 saturated heterocycles. The maximum atomic E-state index is 12.0. The van der Waals surface area contributed by atoms with Gasteiger partial charge >= 0.3 is 0 Å². The van der Waals surface area contributed by atoms with Gasteiger partial charge in [-0.2, -0.15) is 0 Å². The number of benzene rings is 1. The smallest absolute Gasteiger partial charge is 0.261 e. The fourth-order valence-corrected chi connectivity index (χ4v) is 2.03. The van der Waals surface area contributed by atoms with Crippen LogP contribution in [-0.2, 0) is 7.05 Å². The number of nitrogens with zero attached hydrogens (tertiary/aromatic N) is 1. The molecule has 4 heteroatoms. The summed E-state index contributed by atoms with van der Waals surface area (Å²) >= 11 is 0. The van der Waals surface area contributed by atoms with Crippen molar-refractivity contribution >= 4 is 6.29 Å². The summed E-state index contributed by atoms with van der Waals surface area (Å²) in [6, 6.07) is 10.9. The molecule has 0 aliphatic carbocycles. The van der Waals surface area contributed by atoms with Crippen molar-refractivity contribution in [2.45, 2.75) is 13.3 Å². The zero-order chi connectivity index (χ0) is 14.5. The number of pyridine rings is 1. The Labute approximate surface area is 117 Å². The number of hydrogen-bond donors (Lipinski definition) is 0. The summed E-state index contributed by atoms with van der Waals surface area (Å²) in [4.78, 5) is 22.8. The molecule has 0 radical (unpaired) electrons. The van der Waals surface area contributed by atoms with Gasteiger partial charge in [-0.3, -0.25) is 9.59 Å². The fourth-order valence-electron chi connectivity index (χ4n) is 2.03. The molecule has 0 bridgehead atoms. The van der Waals surface area contributed by atoms with Gasteiger partial charge < -0.3 is 9.30 Å². The van der Waals surface area contributed by atoms with Gasteiger partial charge in [0.15, 0.2) is 6.29 Å². The maximum absolute atomic E-state index is 12.0. The van der Waals surface area contributed by atoms with Crippen molar-refractivity contribution in [2.24, 2.45) is 7.05 Å². The zero-order valence-corrected chi connectivity index (χ0v) is 11.6. The average molecular weight is 271 g/mol. The molecule has 0 N–H and O–H groups in total. The van der Waals surface area contributed by atoms with Crippen LogP contribution in [0.4, 0.5) is 0 Å². The van der Waals surface area contributed by atoms with E-state index in [1.165, 1.54) is 4.57 Å². The van der Waals surface area contributed by atoms with E-state index in [2.05, 4.69) is 0 Å². The molecule has 4 nitrogen and oxygen atoms in total. The van der Waals surface area contributed by atoms with Crippen LogP contribution in [0.3, 0.4) is 0 Å². The highest BCUT2D eigenvalue weighted by Gasteiger charge is 2.11. The van der Waals surface area contributed by atoms with E-state index in [4.69, 9.17) is 4.74 Å². The number of aldehydes is 1. The molecule has 20 heavy (non-hydrogen) atoms. The van der Waals surface area contributed by atoms with Gasteiger partial charge in [0.2, 0.25) is 0 Å². The third kappa shape index (κ3) is 2.64. The molecule has 0 fully saturated rings. The lowest BCUT2D eigenvalue weighted by atomic mass is 10.1. The highest BCUT2D eigenvalue weighted by Crippen LogP contribution is 2.28. The van der Waals surface area contributed by atoms with E-state index >= 15 is 0 Å². The molecule has 2 rings (SSSR count). The summed E-state index contributed by atoms with van der Waals surface area (Å²) in [5.74, 6) is 0.739. The second-order valence-electron chi connectivity index (χ2n) is 4.50. The molecule has 0 unspecified atom stereocenters. The number of hydrogen-bond acceptors (Lipinski definition) is 3. The Bertz CT molecular complexity index is 674. The normalized spacial score (nSPS) is 10.3. The van der Waals surface area contributed by atoms with E-state index in [9.17, 15) is 9.59 Å². The van der Waals surface area contributed by atoms with Crippen molar-refractivity contribution < 1.29 is 9.53 Å². The minimum atomic E-state index is -0.303. The summed E-state index contributed by atoms with van der Waals surface area (Å²) in [6.45, 7) is 2.66. The summed E-state index contributed by atoms with van der Waals surface area (Å²) in [5, 5.41) is 0. The fraction of sp³-hybridized carbons (Fsp3) is 0.250. The molecule has 0 amide bonds. The molecule has 1 aromatic heterocycles. The van der Waals surface area contributed by atoms with Gasteiger partial charge in [0.05, 0.1) is 17.9 Å². The summed E-state index contributed by atoms with van der Waals surface area (Å²) < 4.78 is 7.18. The highest BCUT2D eigenvalue weighted by atomic mass is 16.5. The van der Waals surface area contributed by atoms with Gasteiger partial charge in [0.1, 0.15) is 5.75 Å². The summed E-state index contributed by atoms with van der Waals surface area (Å²) in [6.07, 6.45) is 1.49. The van der Waals surface area contributed by atoms with E-state index in [0.717, 1.165) is 23.4 Å². The van der Waals surface area contributed by atoms with Crippen molar-refractivity contribution in [2.75, 3.05) is 6.61 Å². The minimum absolute atomic E-state index is 0.156. The van der Waals surface area contributed by atoms with E-state index in [-0.39, 0.29) is 11.1 Å². The van der Waals surface area contributed by atoms with E-state index in [1.54, 1.807) is 19.2 Å². The van der Waals surface area contributed by atoms with Crippen LogP contribution in [0.15, 0.2) is 41.2 Å². The number of aromatic nitrogens is 1. The van der Waals surface area contributed by atoms with Crippen molar-refractivity contribution in [3.63, 3.8) is 0 Å². The Balaban J connectivity index is 2.54. The maximum Gasteiger partial charge on any atom is 0.261 e. The summed E-state index contributed by atoms with van der Waals surface area (Å²) in [5.41, 5.74) is 1.43. The first kappa shape index (κ1) is 14.1. The molecule has 104 valence electrons. The number of carbonyl (C=O) groups excluding carboxylic acids is 1. The van der Waals surface area contributed by atoms with Crippen molar-refractivity contribution in [1.29, 1.82) is 0 Å². The second-order valence-corrected chi connectivity index (χ2v) is 4.50. The van der Waals surface area contributed by atoms with Crippen LogP contribution < -0.4 is 10.3 Å². The Morgan fingerprint density at radius 2 is 1.95 bits per heavy atom. The van der Waals surface area contributed by atoms with Gasteiger partial charge in [0, 0.05) is 12.6 Å². The predicted octanol–water partition coefficient (Wildman–Crippen LogP) is 2.65. The predicted molar refractivity (Wildman–Crippen MR) is 78.3 cm³/mol. The van der Waals surface area contributed by atoms with Crippen LogP contribution in [0.2, 0.25) is 0 Å². The van der Waals surface area contributed by atoms with Gasteiger partial charge in [-0.1, -0.05) is 19.1 Å². The van der Waals surface area contributed by atoms with Gasteiger partial charge in [0.25, 0.3) is 5.56 Å². The highest BCUT2D eigenvalue weighted by molar-refractivity contribution is 5.76. The lowest BCUT2D eigenvalue weighted by Crippen LogP contribution is -2.22. The van der Waals surface area contributed by atoms with Crippen LogP contribution in [0.5, 0.6) is 5.75 Å². The molecular formula is C16H17NO3. The van der Waals surface area contributed by atoms with Crippen molar-refractivity contribution in [1.82, 2.24) is 4.57 Å². The zero-order valence-electron chi connectivity index (χ0n) is 11.6. The standard InChI is InChI=1S/C16H17NO3/c1-3-10-20-15-7-5-4-6-13(15)14-9-8-12(11-18)16(19)17(14)2/h4-9,11H,3,10H2,1-2H3. The van der Waals surface area contributed by atoms with Gasteiger partial charge in [-0.25, -0.2) is 0 Å². The van der Waals surface area contributed by atoms with Gasteiger partial charge in [-0.05, 0) is 30.7 Å². The van der Waals surface area contributed by atoms with Crippen molar-refractivity contribution in [3.8, 4) is 17.0 Å². The molecule has 0 aliphatic heterocycles. The molecule has 0 aliphatic rings. The molecule has 1 aromatic carbocycles. The van der Waals surface area contributed by atoms with Crippen LogP contribution in [-0.4, -0.2) is 17.5 Å². The molecular weight excluding hydrogens is 254 g/mol. The minimum Gasteiger partial charge on any atom is -0.493 e. The average Bonchev–Trinajstić information content (AvgIpc) is 2.48. The molecule has 0 atom stereocenters. The number of ether oxygens (including phenoxy) is 1. The molecule has 0 saturated carbocycles. The van der Waals surface area contributed by atoms with Crippen LogP contribution in [0, 0.1) is 0 Å². The van der Waals surface area contributed by atoms with E-state index in [0.29, 0.717) is 12.9 Å². The van der Waals surface area contributed by atoms with Crippen LogP contribution in [0.1, 0.15) is 23.7 Å². The third-order valence-electron chi connectivity index (χ3n) is 3.09. The Kier molecular flexibility index (Phi) is 4.35. The van der Waals surface area contributed by atoms with Crippen molar-refractivity contribution in [3.05, 3.63) is 52.3 Å². The Morgan fingerprint density at radius 1 is 1.20 bits per heavy atom. The number of para-hydroxylation sites is 1. The molecule has 2 aromatic rings. The monoisotopic (exact) mass is 271 g/mol. The van der Waals surface area contributed by atoms with Crippen LogP contribution >= 0.6 is 0 Å². The first-order chi connectivity index (χ1) is 9.69. The second kappa shape index (κ2) is 6.19. The molecule has 1 heterocycles. The molecule has 0 spiro atoms. The SMILES string of the molecule is CCCOc1ccccc1-c1ccc(C=O)c(=O)n1C. The van der Waals surface area contributed by atoms with E-state index < -0.39 is 0 Å². The summed E-state index contributed by atoms with van der Waals surface area (Å²) in [7, 11) is 1.65.